The molecule has 2 heterocycles. The third kappa shape index (κ3) is 2.62. The fourth-order valence-electron chi connectivity index (χ4n) is 2.13. The summed E-state index contributed by atoms with van der Waals surface area (Å²) in [7, 11) is 0. The van der Waals surface area contributed by atoms with Crippen LogP contribution in [0.3, 0.4) is 0 Å². The first-order valence-electron chi connectivity index (χ1n) is 6.01. The topological polar surface area (TPSA) is 75.5 Å². The number of ether oxygens (including phenoxy) is 1. The van der Waals surface area contributed by atoms with E-state index in [1.165, 1.54) is 11.5 Å². The molecule has 100 valence electrons. The molecule has 0 aliphatic carbocycles. The first-order chi connectivity index (χ1) is 8.63. The molecule has 1 N–H and O–H groups in total. The average Bonchev–Trinajstić information content (AvgIpc) is 2.94. The fourth-order valence-corrected chi connectivity index (χ4v) is 2.89. The summed E-state index contributed by atoms with van der Waals surface area (Å²) in [5, 5.41) is 10.0. The number of aromatic nitrogens is 2. The summed E-state index contributed by atoms with van der Waals surface area (Å²) in [6, 6.07) is -0.144. The number of nitrogens with zero attached hydrogens (tertiary/aromatic N) is 3. The van der Waals surface area contributed by atoms with Crippen LogP contribution in [0.5, 0.6) is 0 Å². The third-order valence-electron chi connectivity index (χ3n) is 3.00. The van der Waals surface area contributed by atoms with E-state index in [-0.39, 0.29) is 12.6 Å². The van der Waals surface area contributed by atoms with Gasteiger partial charge in [-0.25, -0.2) is 4.98 Å². The molecule has 0 radical (unpaired) electrons. The highest BCUT2D eigenvalue weighted by Gasteiger charge is 2.38. The molecule has 1 aliphatic rings. The number of hydrogen-bond acceptors (Lipinski definition) is 6. The summed E-state index contributed by atoms with van der Waals surface area (Å²) in [4.78, 5) is 17.6. The molecule has 1 aliphatic heterocycles. The van der Waals surface area contributed by atoms with Crippen LogP contribution in [0.1, 0.15) is 19.2 Å². The lowest BCUT2D eigenvalue weighted by atomic mass is 10.0. The quantitative estimate of drug-likeness (QED) is 0.866. The van der Waals surface area contributed by atoms with Gasteiger partial charge in [0.2, 0.25) is 5.13 Å². The number of hydrogen-bond donors (Lipinski definition) is 1. The Morgan fingerprint density at radius 3 is 2.94 bits per heavy atom. The lowest BCUT2D eigenvalue weighted by Crippen LogP contribution is -2.43. The largest absolute Gasteiger partial charge is 0.481 e. The van der Waals surface area contributed by atoms with Crippen molar-refractivity contribution in [2.75, 3.05) is 24.7 Å². The summed E-state index contributed by atoms with van der Waals surface area (Å²) >= 11 is 1.31. The van der Waals surface area contributed by atoms with E-state index >= 15 is 0 Å². The summed E-state index contributed by atoms with van der Waals surface area (Å²) in [6.07, 6.45) is 0.932. The molecular formula is C11H17N3O3S. The van der Waals surface area contributed by atoms with Crippen molar-refractivity contribution in [1.29, 1.82) is 0 Å². The normalized spacial score (nSPS) is 23.2. The molecule has 0 bridgehead atoms. The second-order valence-electron chi connectivity index (χ2n) is 4.37. The number of carboxylic acids is 1. The minimum atomic E-state index is -0.806. The molecule has 0 amide bonds. The molecular weight excluding hydrogens is 254 g/mol. The van der Waals surface area contributed by atoms with Crippen LogP contribution in [-0.2, 0) is 9.53 Å². The minimum absolute atomic E-state index is 0.144. The van der Waals surface area contributed by atoms with Gasteiger partial charge in [0, 0.05) is 18.1 Å². The van der Waals surface area contributed by atoms with Crippen molar-refractivity contribution in [3.63, 3.8) is 0 Å². The van der Waals surface area contributed by atoms with Gasteiger partial charge in [0.15, 0.2) is 0 Å². The van der Waals surface area contributed by atoms with Crippen LogP contribution >= 0.6 is 11.5 Å². The number of aryl methyl sites for hydroxylation is 1. The van der Waals surface area contributed by atoms with E-state index in [0.29, 0.717) is 6.61 Å². The highest BCUT2D eigenvalue weighted by atomic mass is 32.1. The maximum absolute atomic E-state index is 11.2. The molecule has 0 spiro atoms. The lowest BCUT2D eigenvalue weighted by molar-refractivity contribution is -0.141. The van der Waals surface area contributed by atoms with Crippen molar-refractivity contribution in [2.24, 2.45) is 5.92 Å². The molecule has 1 saturated heterocycles. The van der Waals surface area contributed by atoms with Crippen molar-refractivity contribution in [1.82, 2.24) is 9.36 Å². The molecule has 2 atom stereocenters. The monoisotopic (exact) mass is 271 g/mol. The Kier molecular flexibility index (Phi) is 4.13. The van der Waals surface area contributed by atoms with E-state index in [1.807, 2.05) is 11.8 Å². The number of anilines is 1. The van der Waals surface area contributed by atoms with Crippen LogP contribution in [0.2, 0.25) is 0 Å². The summed E-state index contributed by atoms with van der Waals surface area (Å²) < 4.78 is 9.48. The van der Waals surface area contributed by atoms with Crippen LogP contribution in [-0.4, -0.2) is 46.2 Å². The highest BCUT2D eigenvalue weighted by molar-refractivity contribution is 7.09. The van der Waals surface area contributed by atoms with Crippen LogP contribution in [0.15, 0.2) is 0 Å². The predicted octanol–water partition coefficient (Wildman–Crippen LogP) is 1.16. The molecule has 1 aromatic heterocycles. The summed E-state index contributed by atoms with van der Waals surface area (Å²) in [6.45, 7) is 5.39. The molecule has 1 aromatic rings. The van der Waals surface area contributed by atoms with Crippen LogP contribution in [0.4, 0.5) is 5.13 Å². The summed E-state index contributed by atoms with van der Waals surface area (Å²) in [5.41, 5.74) is 0. The number of carboxylic acid groups (broad SMARTS) is 1. The second kappa shape index (κ2) is 5.62. The molecule has 2 rings (SSSR count). The number of carbonyl (C=O) groups is 1. The van der Waals surface area contributed by atoms with Crippen molar-refractivity contribution in [3.8, 4) is 0 Å². The van der Waals surface area contributed by atoms with E-state index in [4.69, 9.17) is 4.74 Å². The van der Waals surface area contributed by atoms with E-state index in [2.05, 4.69) is 16.3 Å². The van der Waals surface area contributed by atoms with Crippen LogP contribution in [0, 0.1) is 12.8 Å². The van der Waals surface area contributed by atoms with Crippen molar-refractivity contribution in [3.05, 3.63) is 5.82 Å². The minimum Gasteiger partial charge on any atom is -0.481 e. The first-order valence-corrected chi connectivity index (χ1v) is 6.78. The predicted molar refractivity (Wildman–Crippen MR) is 68.0 cm³/mol. The molecule has 7 heteroatoms. The SMILES string of the molecule is CCCN(c1nc(C)ns1)C1COCC1C(=O)O. The molecule has 0 aromatic carbocycles. The standard InChI is InChI=1S/C11H17N3O3S/c1-3-4-14(11-12-7(2)13-18-11)9-6-17-5-8(9)10(15)16/h8-9H,3-6H2,1-2H3,(H,15,16). The van der Waals surface area contributed by atoms with Crippen molar-refractivity contribution < 1.29 is 14.6 Å². The van der Waals surface area contributed by atoms with Gasteiger partial charge in [-0.05, 0) is 13.3 Å². The Labute approximate surface area is 110 Å². The van der Waals surface area contributed by atoms with E-state index in [9.17, 15) is 9.90 Å². The van der Waals surface area contributed by atoms with Gasteiger partial charge >= 0.3 is 5.97 Å². The van der Waals surface area contributed by atoms with Gasteiger partial charge in [0.1, 0.15) is 11.7 Å². The zero-order valence-electron chi connectivity index (χ0n) is 10.5. The van der Waals surface area contributed by atoms with Crippen molar-refractivity contribution >= 4 is 22.6 Å². The van der Waals surface area contributed by atoms with Gasteiger partial charge < -0.3 is 14.7 Å². The van der Waals surface area contributed by atoms with Crippen LogP contribution < -0.4 is 4.90 Å². The third-order valence-corrected chi connectivity index (χ3v) is 3.84. The van der Waals surface area contributed by atoms with E-state index in [0.717, 1.165) is 23.9 Å². The fraction of sp³-hybridized carbons (Fsp3) is 0.727. The Balaban J connectivity index is 2.21. The van der Waals surface area contributed by atoms with E-state index < -0.39 is 11.9 Å². The molecule has 18 heavy (non-hydrogen) atoms. The molecule has 2 unspecified atom stereocenters. The Hall–Kier alpha value is -1.21. The summed E-state index contributed by atoms with van der Waals surface area (Å²) in [5.74, 6) is -0.567. The van der Waals surface area contributed by atoms with Gasteiger partial charge in [0.25, 0.3) is 0 Å². The molecule has 0 saturated carbocycles. The number of aliphatic carboxylic acids is 1. The Bertz CT molecular complexity index is 423. The maximum Gasteiger partial charge on any atom is 0.311 e. The zero-order chi connectivity index (χ0) is 13.1. The average molecular weight is 271 g/mol. The smallest absolute Gasteiger partial charge is 0.311 e. The van der Waals surface area contributed by atoms with Gasteiger partial charge in [-0.1, -0.05) is 6.92 Å². The number of rotatable bonds is 5. The second-order valence-corrected chi connectivity index (χ2v) is 5.10. The van der Waals surface area contributed by atoms with Crippen LogP contribution in [0.25, 0.3) is 0 Å². The highest BCUT2D eigenvalue weighted by Crippen LogP contribution is 2.27. The molecule has 6 nitrogen and oxygen atoms in total. The first kappa shape index (κ1) is 13.2. The molecule has 1 fully saturated rings. The van der Waals surface area contributed by atoms with Gasteiger partial charge in [-0.15, -0.1) is 0 Å². The lowest BCUT2D eigenvalue weighted by Gasteiger charge is -2.29. The maximum atomic E-state index is 11.2. The van der Waals surface area contributed by atoms with Gasteiger partial charge in [-0.2, -0.15) is 4.37 Å². The Morgan fingerprint density at radius 2 is 2.39 bits per heavy atom. The van der Waals surface area contributed by atoms with Crippen molar-refractivity contribution in [2.45, 2.75) is 26.3 Å². The van der Waals surface area contributed by atoms with Gasteiger partial charge in [0.05, 0.1) is 19.3 Å². The zero-order valence-corrected chi connectivity index (χ0v) is 11.3. The van der Waals surface area contributed by atoms with E-state index in [1.54, 1.807) is 0 Å². The van der Waals surface area contributed by atoms with Gasteiger partial charge in [-0.3, -0.25) is 4.79 Å². The Morgan fingerprint density at radius 1 is 1.61 bits per heavy atom.